The zero-order valence-corrected chi connectivity index (χ0v) is 16.4. The van der Waals surface area contributed by atoms with E-state index in [0.29, 0.717) is 17.1 Å². The number of halogens is 1. The molecule has 8 heteroatoms. The molecule has 3 rings (SSSR count). The van der Waals surface area contributed by atoms with E-state index in [2.05, 4.69) is 15.4 Å². The molecule has 7 nitrogen and oxygen atoms in total. The molecule has 0 unspecified atom stereocenters. The van der Waals surface area contributed by atoms with Crippen molar-refractivity contribution in [2.45, 2.75) is 20.8 Å². The van der Waals surface area contributed by atoms with Gasteiger partial charge in [0.2, 0.25) is 0 Å². The van der Waals surface area contributed by atoms with Crippen LogP contribution in [0.25, 0.3) is 5.82 Å². The largest absolute Gasteiger partial charge is 0.462 e. The van der Waals surface area contributed by atoms with Crippen molar-refractivity contribution < 1.29 is 14.3 Å². The fourth-order valence-corrected chi connectivity index (χ4v) is 2.89. The van der Waals surface area contributed by atoms with Crippen LogP contribution in [0.1, 0.15) is 39.2 Å². The summed E-state index contributed by atoms with van der Waals surface area (Å²) in [5.74, 6) is -0.462. The smallest absolute Gasteiger partial charge is 0.338 e. The van der Waals surface area contributed by atoms with Gasteiger partial charge < -0.3 is 10.1 Å². The minimum atomic E-state index is -0.491. The number of nitrogens with one attached hydrogen (secondary N) is 1. The van der Waals surface area contributed by atoms with Crippen molar-refractivity contribution in [3.05, 3.63) is 70.1 Å². The van der Waals surface area contributed by atoms with Gasteiger partial charge in [-0.2, -0.15) is 5.10 Å². The van der Waals surface area contributed by atoms with Gasteiger partial charge in [-0.25, -0.2) is 14.5 Å². The molecule has 0 spiro atoms. The highest BCUT2D eigenvalue weighted by atomic mass is 35.5. The summed E-state index contributed by atoms with van der Waals surface area (Å²) >= 11 is 6.19. The van der Waals surface area contributed by atoms with Gasteiger partial charge in [-0.15, -0.1) is 0 Å². The molecule has 2 aromatic heterocycles. The molecule has 0 atom stereocenters. The third-order valence-electron chi connectivity index (χ3n) is 3.90. The monoisotopic (exact) mass is 398 g/mol. The first-order valence-corrected chi connectivity index (χ1v) is 9.05. The fourth-order valence-electron chi connectivity index (χ4n) is 2.70. The Kier molecular flexibility index (Phi) is 5.75. The van der Waals surface area contributed by atoms with Gasteiger partial charge >= 0.3 is 5.97 Å². The first kappa shape index (κ1) is 19.6. The van der Waals surface area contributed by atoms with Crippen LogP contribution in [0, 0.1) is 13.8 Å². The van der Waals surface area contributed by atoms with Crippen molar-refractivity contribution in [3.63, 3.8) is 0 Å². The molecule has 0 saturated heterocycles. The van der Waals surface area contributed by atoms with Crippen molar-refractivity contribution >= 4 is 29.2 Å². The molecule has 0 aliphatic heterocycles. The molecule has 0 saturated carbocycles. The molecule has 0 aliphatic rings. The van der Waals surface area contributed by atoms with Crippen LogP contribution in [0.2, 0.25) is 5.02 Å². The van der Waals surface area contributed by atoms with E-state index in [-0.39, 0.29) is 17.3 Å². The number of benzene rings is 1. The summed E-state index contributed by atoms with van der Waals surface area (Å²) in [4.78, 5) is 28.9. The van der Waals surface area contributed by atoms with Gasteiger partial charge in [0, 0.05) is 11.4 Å². The lowest BCUT2D eigenvalue weighted by Crippen LogP contribution is -2.16. The number of rotatable bonds is 5. The molecule has 1 aromatic carbocycles. The average Bonchev–Trinajstić information content (AvgIpc) is 3.00. The average molecular weight is 399 g/mol. The first-order valence-electron chi connectivity index (χ1n) is 8.67. The maximum atomic E-state index is 12.7. The summed E-state index contributed by atoms with van der Waals surface area (Å²) in [6.07, 6.45) is 0. The lowest BCUT2D eigenvalue weighted by Gasteiger charge is -2.10. The first-order chi connectivity index (χ1) is 13.4. The summed E-state index contributed by atoms with van der Waals surface area (Å²) in [5.41, 5.74) is 2.57. The highest BCUT2D eigenvalue weighted by Crippen LogP contribution is 2.20. The van der Waals surface area contributed by atoms with Crippen LogP contribution in [-0.2, 0) is 4.74 Å². The molecule has 144 valence electrons. The van der Waals surface area contributed by atoms with E-state index in [0.717, 1.165) is 11.4 Å². The van der Waals surface area contributed by atoms with Crippen LogP contribution in [0.4, 0.5) is 5.69 Å². The third kappa shape index (κ3) is 4.20. The predicted molar refractivity (Wildman–Crippen MR) is 106 cm³/mol. The van der Waals surface area contributed by atoms with Gasteiger partial charge in [0.1, 0.15) is 5.69 Å². The summed E-state index contributed by atoms with van der Waals surface area (Å²) in [6.45, 7) is 5.78. The van der Waals surface area contributed by atoms with Crippen molar-refractivity contribution in [3.8, 4) is 5.82 Å². The Morgan fingerprint density at radius 2 is 1.96 bits per heavy atom. The Bertz CT molecular complexity index is 1050. The number of carbonyl (C=O) groups is 2. The molecule has 2 heterocycles. The van der Waals surface area contributed by atoms with Crippen LogP contribution < -0.4 is 5.32 Å². The second-order valence-electron chi connectivity index (χ2n) is 6.09. The third-order valence-corrected chi connectivity index (χ3v) is 4.21. The lowest BCUT2D eigenvalue weighted by molar-refractivity contribution is 0.0526. The van der Waals surface area contributed by atoms with Crippen molar-refractivity contribution in [1.82, 2.24) is 14.8 Å². The predicted octanol–water partition coefficient (Wildman–Crippen LogP) is 3.97. The Hall–Kier alpha value is -3.19. The van der Waals surface area contributed by atoms with E-state index >= 15 is 0 Å². The number of carbonyl (C=O) groups excluding carboxylic acids is 2. The maximum Gasteiger partial charge on any atom is 0.338 e. The topological polar surface area (TPSA) is 86.1 Å². The Morgan fingerprint density at radius 1 is 1.18 bits per heavy atom. The van der Waals surface area contributed by atoms with Gasteiger partial charge in [0.15, 0.2) is 5.82 Å². The molecule has 1 N–H and O–H groups in total. The lowest BCUT2D eigenvalue weighted by atomic mass is 10.2. The molecule has 0 fully saturated rings. The molecule has 0 bridgehead atoms. The summed E-state index contributed by atoms with van der Waals surface area (Å²) < 4.78 is 6.62. The molecule has 0 radical (unpaired) electrons. The van der Waals surface area contributed by atoms with Crippen LogP contribution >= 0.6 is 11.6 Å². The Labute approximate surface area is 167 Å². The number of hydrogen-bond acceptors (Lipinski definition) is 5. The number of hydrogen-bond donors (Lipinski definition) is 1. The Balaban J connectivity index is 1.87. The van der Waals surface area contributed by atoms with E-state index in [1.165, 1.54) is 6.07 Å². The number of amides is 1. The van der Waals surface area contributed by atoms with E-state index in [1.807, 2.05) is 19.9 Å². The Morgan fingerprint density at radius 3 is 2.64 bits per heavy atom. The van der Waals surface area contributed by atoms with Crippen LogP contribution in [0.15, 0.2) is 42.5 Å². The quantitative estimate of drug-likeness (QED) is 0.657. The summed E-state index contributed by atoms with van der Waals surface area (Å²) in [6, 6.07) is 11.7. The number of nitrogens with zero attached hydrogens (tertiary/aromatic N) is 3. The van der Waals surface area contributed by atoms with Gasteiger partial charge in [0.05, 0.1) is 22.9 Å². The number of ether oxygens (including phenoxy) is 1. The summed E-state index contributed by atoms with van der Waals surface area (Å²) in [5, 5.41) is 7.29. The second kappa shape index (κ2) is 8.22. The van der Waals surface area contributed by atoms with Crippen LogP contribution in [0.3, 0.4) is 0 Å². The van der Waals surface area contributed by atoms with Gasteiger partial charge in [-0.1, -0.05) is 17.7 Å². The number of aryl methyl sites for hydroxylation is 2. The normalized spacial score (nSPS) is 10.6. The van der Waals surface area contributed by atoms with Crippen molar-refractivity contribution in [2.24, 2.45) is 0 Å². The standard InChI is InChI=1S/C20H19ClN4O3/c1-4-28-20(27)14-6-5-7-15(11-14)22-19(26)18-16(21)8-9-17(23-18)25-13(3)10-12(2)24-25/h5-11H,4H2,1-3H3,(H,22,26). The minimum absolute atomic E-state index is 0.0632. The van der Waals surface area contributed by atoms with Gasteiger partial charge in [-0.05, 0) is 57.2 Å². The summed E-state index contributed by atoms with van der Waals surface area (Å²) in [7, 11) is 0. The van der Waals surface area contributed by atoms with E-state index in [1.54, 1.807) is 41.9 Å². The zero-order valence-electron chi connectivity index (χ0n) is 15.7. The van der Waals surface area contributed by atoms with Gasteiger partial charge in [-0.3, -0.25) is 4.79 Å². The van der Waals surface area contributed by atoms with Crippen molar-refractivity contribution in [1.29, 1.82) is 0 Å². The highest BCUT2D eigenvalue weighted by molar-refractivity contribution is 6.34. The molecular formula is C20H19ClN4O3. The maximum absolute atomic E-state index is 12.7. The van der Waals surface area contributed by atoms with Crippen LogP contribution in [-0.4, -0.2) is 33.2 Å². The molecule has 28 heavy (non-hydrogen) atoms. The molecule has 3 aromatic rings. The van der Waals surface area contributed by atoms with Crippen molar-refractivity contribution in [2.75, 3.05) is 11.9 Å². The van der Waals surface area contributed by atoms with E-state index in [9.17, 15) is 9.59 Å². The SMILES string of the molecule is CCOC(=O)c1cccc(NC(=O)c2nc(-n3nc(C)cc3C)ccc2Cl)c1. The number of anilines is 1. The second-order valence-corrected chi connectivity index (χ2v) is 6.50. The van der Waals surface area contributed by atoms with Gasteiger partial charge in [0.25, 0.3) is 5.91 Å². The van der Waals surface area contributed by atoms with E-state index in [4.69, 9.17) is 16.3 Å². The molecule has 1 amide bonds. The highest BCUT2D eigenvalue weighted by Gasteiger charge is 2.16. The van der Waals surface area contributed by atoms with E-state index < -0.39 is 11.9 Å². The molecule has 0 aliphatic carbocycles. The number of pyridine rings is 1. The molecular weight excluding hydrogens is 380 g/mol. The fraction of sp³-hybridized carbons (Fsp3) is 0.200. The minimum Gasteiger partial charge on any atom is -0.462 e. The zero-order chi connectivity index (χ0) is 20.3. The number of esters is 1. The number of aromatic nitrogens is 3. The van der Waals surface area contributed by atoms with Crippen LogP contribution in [0.5, 0.6) is 0 Å².